The molecular formula is C59H100O12. The predicted molar refractivity (Wildman–Crippen MR) is 285 cm³/mol. The number of carbonyl (C=O) groups is 4. The first-order valence-electron chi connectivity index (χ1n) is 28.3. The van der Waals surface area contributed by atoms with Crippen molar-refractivity contribution in [2.75, 3.05) is 13.2 Å². The Morgan fingerprint density at radius 1 is 0.465 bits per heavy atom. The maximum atomic E-state index is 13.1. The molecular weight excluding hydrogens is 901 g/mol. The van der Waals surface area contributed by atoms with Crippen LogP contribution in [-0.4, -0.2) is 89.2 Å². The fraction of sp³-hybridized carbons (Fsp3) is 0.763. The van der Waals surface area contributed by atoms with Gasteiger partial charge in [0, 0.05) is 19.3 Å². The number of carboxylic acid groups (broad SMARTS) is 1. The summed E-state index contributed by atoms with van der Waals surface area (Å²) in [6.45, 7) is 5.85. The van der Waals surface area contributed by atoms with Crippen molar-refractivity contribution in [3.8, 4) is 0 Å². The molecule has 0 radical (unpaired) electrons. The van der Waals surface area contributed by atoms with E-state index < -0.39 is 67.3 Å². The van der Waals surface area contributed by atoms with Crippen molar-refractivity contribution in [3.05, 3.63) is 60.8 Å². The summed E-state index contributed by atoms with van der Waals surface area (Å²) in [6.07, 6.45) is 44.8. The average molecular weight is 1000 g/mol. The number of carbonyl (C=O) groups excluding carboxylic acids is 3. The lowest BCUT2D eigenvalue weighted by Gasteiger charge is -2.40. The molecule has 0 amide bonds. The van der Waals surface area contributed by atoms with Gasteiger partial charge in [-0.05, 0) is 103 Å². The van der Waals surface area contributed by atoms with Gasteiger partial charge in [0.15, 0.2) is 24.6 Å². The molecule has 1 rings (SSSR count). The quantitative estimate of drug-likeness (QED) is 0.0228. The normalized spacial score (nSPS) is 18.9. The molecule has 1 aliphatic heterocycles. The van der Waals surface area contributed by atoms with Gasteiger partial charge in [-0.2, -0.15) is 0 Å². The Bertz CT molecular complexity index is 1470. The van der Waals surface area contributed by atoms with Crippen molar-refractivity contribution in [3.63, 3.8) is 0 Å². The third-order valence-corrected chi connectivity index (χ3v) is 12.5. The number of unbranched alkanes of at least 4 members (excludes halogenated alkanes) is 23. The molecule has 1 aliphatic rings. The second-order valence-corrected chi connectivity index (χ2v) is 19.2. The van der Waals surface area contributed by atoms with E-state index in [0.29, 0.717) is 19.3 Å². The van der Waals surface area contributed by atoms with Crippen LogP contribution >= 0.6 is 0 Å². The lowest BCUT2D eigenvalue weighted by molar-refractivity contribution is -0.301. The van der Waals surface area contributed by atoms with Crippen LogP contribution in [0, 0.1) is 0 Å². The van der Waals surface area contributed by atoms with Crippen LogP contribution in [0.25, 0.3) is 0 Å². The maximum absolute atomic E-state index is 13.1. The molecule has 0 aromatic rings. The number of aliphatic hydroxyl groups is 2. The molecule has 3 N–H and O–H groups in total. The summed E-state index contributed by atoms with van der Waals surface area (Å²) in [6, 6.07) is 0. The zero-order valence-electron chi connectivity index (χ0n) is 44.7. The average Bonchev–Trinajstić information content (AvgIpc) is 3.35. The lowest BCUT2D eigenvalue weighted by Crippen LogP contribution is -2.61. The Morgan fingerprint density at radius 3 is 1.37 bits per heavy atom. The van der Waals surface area contributed by atoms with Crippen LogP contribution in [0.1, 0.15) is 239 Å². The molecule has 0 aromatic carbocycles. The van der Waals surface area contributed by atoms with Crippen LogP contribution in [0.3, 0.4) is 0 Å². The van der Waals surface area contributed by atoms with E-state index in [0.717, 1.165) is 135 Å². The summed E-state index contributed by atoms with van der Waals surface area (Å²) in [5.74, 6) is -3.16. The molecule has 12 heteroatoms. The van der Waals surface area contributed by atoms with Gasteiger partial charge in [0.2, 0.25) is 0 Å². The van der Waals surface area contributed by atoms with E-state index >= 15 is 0 Å². The van der Waals surface area contributed by atoms with E-state index in [1.165, 1.54) is 44.9 Å². The summed E-state index contributed by atoms with van der Waals surface area (Å²) in [5, 5.41) is 31.4. The van der Waals surface area contributed by atoms with E-state index in [2.05, 4.69) is 81.5 Å². The lowest BCUT2D eigenvalue weighted by atomic mass is 9.98. The zero-order valence-corrected chi connectivity index (χ0v) is 44.7. The maximum Gasteiger partial charge on any atom is 0.335 e. The molecule has 0 saturated carbocycles. The topological polar surface area (TPSA) is 175 Å². The summed E-state index contributed by atoms with van der Waals surface area (Å²) >= 11 is 0. The molecule has 12 nitrogen and oxygen atoms in total. The third kappa shape index (κ3) is 37.8. The van der Waals surface area contributed by atoms with Gasteiger partial charge in [0.25, 0.3) is 0 Å². The second kappa shape index (κ2) is 47.4. The number of aliphatic carboxylic acids is 1. The van der Waals surface area contributed by atoms with E-state index in [1.807, 2.05) is 0 Å². The van der Waals surface area contributed by atoms with Crippen molar-refractivity contribution in [2.24, 2.45) is 0 Å². The molecule has 71 heavy (non-hydrogen) atoms. The number of hydrogen-bond donors (Lipinski definition) is 3. The van der Waals surface area contributed by atoms with Gasteiger partial charge in [0.05, 0.1) is 6.61 Å². The number of ether oxygens (including phenoxy) is 5. The van der Waals surface area contributed by atoms with Crippen molar-refractivity contribution < 1.29 is 58.2 Å². The van der Waals surface area contributed by atoms with Gasteiger partial charge in [-0.3, -0.25) is 14.4 Å². The summed E-state index contributed by atoms with van der Waals surface area (Å²) in [7, 11) is 0. The SMILES string of the molecule is CCC/C=C\C/C=C\CCCCCCCC(=O)OC(COC(=O)CCCCCCC/C=C\C/C=C\CCCCC)COC1OC(C(=O)O)C(O)C(O)C1OC(=O)CCCCCCC/C=C\CCCCCC. The minimum Gasteiger partial charge on any atom is -0.479 e. The molecule has 1 saturated heterocycles. The summed E-state index contributed by atoms with van der Waals surface area (Å²) in [4.78, 5) is 51.0. The van der Waals surface area contributed by atoms with Crippen molar-refractivity contribution >= 4 is 23.9 Å². The molecule has 6 atom stereocenters. The van der Waals surface area contributed by atoms with E-state index in [1.54, 1.807) is 0 Å². The van der Waals surface area contributed by atoms with E-state index in [-0.39, 0.29) is 25.9 Å². The molecule has 408 valence electrons. The first-order valence-corrected chi connectivity index (χ1v) is 28.3. The first kappa shape index (κ1) is 65.4. The van der Waals surface area contributed by atoms with Gasteiger partial charge in [-0.1, -0.05) is 178 Å². The van der Waals surface area contributed by atoms with Gasteiger partial charge < -0.3 is 39.0 Å². The highest BCUT2D eigenvalue weighted by molar-refractivity contribution is 5.74. The molecule has 1 fully saturated rings. The summed E-state index contributed by atoms with van der Waals surface area (Å²) in [5.41, 5.74) is 0. The number of hydrogen-bond acceptors (Lipinski definition) is 11. The van der Waals surface area contributed by atoms with Crippen molar-refractivity contribution in [1.82, 2.24) is 0 Å². The van der Waals surface area contributed by atoms with Crippen LogP contribution in [-0.2, 0) is 42.9 Å². The molecule has 6 unspecified atom stereocenters. The van der Waals surface area contributed by atoms with E-state index in [4.69, 9.17) is 23.7 Å². The largest absolute Gasteiger partial charge is 0.479 e. The monoisotopic (exact) mass is 1000 g/mol. The number of rotatable bonds is 47. The Hall–Kier alpha value is -3.58. The number of allylic oxidation sites excluding steroid dienone is 10. The second-order valence-electron chi connectivity index (χ2n) is 19.2. The Labute approximate surface area is 430 Å². The van der Waals surface area contributed by atoms with Gasteiger partial charge in [-0.15, -0.1) is 0 Å². The van der Waals surface area contributed by atoms with Crippen LogP contribution in [0.4, 0.5) is 0 Å². The van der Waals surface area contributed by atoms with Gasteiger partial charge in [-0.25, -0.2) is 4.79 Å². The fourth-order valence-electron chi connectivity index (χ4n) is 8.13. The summed E-state index contributed by atoms with van der Waals surface area (Å²) < 4.78 is 28.3. The van der Waals surface area contributed by atoms with Crippen LogP contribution in [0.15, 0.2) is 60.8 Å². The molecule has 0 aliphatic carbocycles. The van der Waals surface area contributed by atoms with Crippen LogP contribution in [0.5, 0.6) is 0 Å². The Kier molecular flexibility index (Phi) is 43.7. The Balaban J connectivity index is 2.73. The first-order chi connectivity index (χ1) is 34.6. The zero-order chi connectivity index (χ0) is 51.8. The third-order valence-electron chi connectivity index (χ3n) is 12.5. The molecule has 0 bridgehead atoms. The fourth-order valence-corrected chi connectivity index (χ4v) is 8.13. The molecule has 0 spiro atoms. The van der Waals surface area contributed by atoms with Crippen molar-refractivity contribution in [2.45, 2.75) is 276 Å². The van der Waals surface area contributed by atoms with Gasteiger partial charge in [0.1, 0.15) is 18.8 Å². The smallest absolute Gasteiger partial charge is 0.335 e. The molecule has 0 aromatic heterocycles. The predicted octanol–water partition coefficient (Wildman–Crippen LogP) is 14.0. The number of esters is 3. The highest BCUT2D eigenvalue weighted by Gasteiger charge is 2.50. The van der Waals surface area contributed by atoms with Crippen molar-refractivity contribution in [1.29, 1.82) is 0 Å². The van der Waals surface area contributed by atoms with Crippen LogP contribution < -0.4 is 0 Å². The standard InChI is InChI=1S/C59H100O12/c1-4-7-10-13-16-19-22-25-26-29-30-33-36-39-42-45-51(60)67-48-50(69-52(61)46-43-40-37-34-31-27-23-20-17-14-11-8-5-2)49-68-59-57(55(64)54(63)56(71-59)58(65)66)70-53(62)47-44-41-38-35-32-28-24-21-18-15-12-9-6-3/h11,14,16,19-21,23-26,50,54-57,59,63-64H,4-10,12-13,15,17-18,22,27-49H2,1-3H3,(H,65,66)/b14-11-,19-16-,23-20-,24-21-,26-25-. The number of carboxylic acids is 1. The van der Waals surface area contributed by atoms with E-state index in [9.17, 15) is 34.5 Å². The minimum absolute atomic E-state index is 0.0466. The van der Waals surface area contributed by atoms with Crippen LogP contribution in [0.2, 0.25) is 0 Å². The highest BCUT2D eigenvalue weighted by Crippen LogP contribution is 2.26. The minimum atomic E-state index is -1.91. The molecule has 1 heterocycles. The van der Waals surface area contributed by atoms with Gasteiger partial charge >= 0.3 is 23.9 Å². The Morgan fingerprint density at radius 2 is 0.873 bits per heavy atom. The number of aliphatic hydroxyl groups excluding tert-OH is 2. The highest BCUT2D eigenvalue weighted by atomic mass is 16.7.